The number of hydrogen-bond acceptors (Lipinski definition) is 7. The van der Waals surface area contributed by atoms with Crippen LogP contribution in [0.5, 0.6) is 0 Å². The van der Waals surface area contributed by atoms with Crippen molar-refractivity contribution in [1.82, 2.24) is 14.3 Å². The summed E-state index contributed by atoms with van der Waals surface area (Å²) in [5, 5.41) is 13.4. The second-order valence-corrected chi connectivity index (χ2v) is 10.2. The van der Waals surface area contributed by atoms with Crippen LogP contribution in [-0.4, -0.2) is 58.9 Å². The second kappa shape index (κ2) is 9.84. The number of aliphatic hydroxyl groups excluding tert-OH is 1. The zero-order valence-electron chi connectivity index (χ0n) is 18.7. The van der Waals surface area contributed by atoms with E-state index in [9.17, 15) is 31.5 Å². The van der Waals surface area contributed by atoms with Crippen LogP contribution in [0.1, 0.15) is 22.3 Å². The van der Waals surface area contributed by atoms with E-state index in [1.165, 1.54) is 30.5 Å². The molecule has 3 heterocycles. The number of pyridine rings is 2. The third-order valence-electron chi connectivity index (χ3n) is 5.80. The fourth-order valence-corrected chi connectivity index (χ4v) is 5.29. The summed E-state index contributed by atoms with van der Waals surface area (Å²) >= 11 is 0. The molecule has 2 atom stereocenters. The van der Waals surface area contributed by atoms with E-state index in [2.05, 4.69) is 15.3 Å². The van der Waals surface area contributed by atoms with E-state index in [0.717, 1.165) is 16.4 Å². The average molecular weight is 522 g/mol. The van der Waals surface area contributed by atoms with Crippen molar-refractivity contribution >= 4 is 21.7 Å². The molecule has 1 saturated heterocycles. The molecular formula is C23H22F3N5O4S. The number of aromatic nitrogens is 2. The van der Waals surface area contributed by atoms with Gasteiger partial charge < -0.3 is 16.2 Å². The number of carbonyl (C=O) groups excluding carboxylic acids is 1. The number of β-amino-alcohol motifs (C(OH)–C–C–N with tert-alkyl or cyclic N) is 1. The first kappa shape index (κ1) is 25.5. The monoisotopic (exact) mass is 521 g/mol. The number of nitrogens with two attached hydrogens (primary N) is 1. The lowest BCUT2D eigenvalue weighted by Gasteiger charge is -2.35. The van der Waals surface area contributed by atoms with Crippen molar-refractivity contribution in [1.29, 1.82) is 0 Å². The smallest absolute Gasteiger partial charge is 0.390 e. The summed E-state index contributed by atoms with van der Waals surface area (Å²) in [6.07, 6.45) is -3.28. The van der Waals surface area contributed by atoms with Crippen LogP contribution in [0.15, 0.2) is 65.8 Å². The number of sulfonamides is 1. The van der Waals surface area contributed by atoms with Crippen molar-refractivity contribution in [2.24, 2.45) is 5.73 Å². The van der Waals surface area contributed by atoms with E-state index >= 15 is 0 Å². The summed E-state index contributed by atoms with van der Waals surface area (Å²) in [7, 11) is -3.92. The maximum Gasteiger partial charge on any atom is 0.417 e. The molecule has 0 bridgehead atoms. The number of aliphatic hydroxyl groups is 1. The summed E-state index contributed by atoms with van der Waals surface area (Å²) in [6, 6.07) is 10.4. The molecule has 36 heavy (non-hydrogen) atoms. The van der Waals surface area contributed by atoms with E-state index in [0.29, 0.717) is 17.5 Å². The van der Waals surface area contributed by atoms with Crippen molar-refractivity contribution in [3.8, 4) is 11.3 Å². The largest absolute Gasteiger partial charge is 0.417 e. The predicted molar refractivity (Wildman–Crippen MR) is 124 cm³/mol. The minimum atomic E-state index is -4.51. The van der Waals surface area contributed by atoms with E-state index in [1.54, 1.807) is 12.1 Å². The molecule has 2 aromatic heterocycles. The Bertz CT molecular complexity index is 1350. The van der Waals surface area contributed by atoms with E-state index < -0.39 is 39.8 Å². The Morgan fingerprint density at radius 2 is 1.83 bits per heavy atom. The van der Waals surface area contributed by atoms with Gasteiger partial charge in [-0.1, -0.05) is 12.1 Å². The molecule has 9 nitrogen and oxygen atoms in total. The van der Waals surface area contributed by atoms with Gasteiger partial charge in [0, 0.05) is 36.6 Å². The highest BCUT2D eigenvalue weighted by Crippen LogP contribution is 2.30. The number of nitrogens with zero attached hydrogens (tertiary/aromatic N) is 3. The fraction of sp³-hybridized carbons (Fsp3) is 0.261. The fourth-order valence-electron chi connectivity index (χ4n) is 3.81. The number of primary amides is 1. The normalized spacial score (nSPS) is 19.1. The predicted octanol–water partition coefficient (Wildman–Crippen LogP) is 2.50. The van der Waals surface area contributed by atoms with Crippen LogP contribution in [-0.2, 0) is 16.2 Å². The van der Waals surface area contributed by atoms with Gasteiger partial charge >= 0.3 is 6.18 Å². The van der Waals surface area contributed by atoms with Crippen LogP contribution in [0, 0.1) is 0 Å². The highest BCUT2D eigenvalue weighted by Gasteiger charge is 2.35. The van der Waals surface area contributed by atoms with Gasteiger partial charge in [0.05, 0.1) is 28.3 Å². The van der Waals surface area contributed by atoms with Gasteiger partial charge in [-0.2, -0.15) is 17.5 Å². The van der Waals surface area contributed by atoms with Gasteiger partial charge in [0.25, 0.3) is 0 Å². The molecule has 1 aliphatic rings. The average Bonchev–Trinajstić information content (AvgIpc) is 2.85. The number of carbonyl (C=O) groups is 1. The van der Waals surface area contributed by atoms with Crippen LogP contribution in [0.2, 0.25) is 0 Å². The van der Waals surface area contributed by atoms with Gasteiger partial charge in [-0.05, 0) is 42.8 Å². The molecule has 190 valence electrons. The van der Waals surface area contributed by atoms with Crippen LogP contribution in [0.3, 0.4) is 0 Å². The number of hydrogen-bond donors (Lipinski definition) is 3. The zero-order chi connectivity index (χ0) is 26.1. The zero-order valence-corrected chi connectivity index (χ0v) is 19.5. The highest BCUT2D eigenvalue weighted by atomic mass is 32.2. The van der Waals surface area contributed by atoms with Crippen molar-refractivity contribution in [2.75, 3.05) is 18.4 Å². The van der Waals surface area contributed by atoms with Gasteiger partial charge in [0.1, 0.15) is 5.82 Å². The number of amides is 1. The summed E-state index contributed by atoms with van der Waals surface area (Å²) in [6.45, 7) is -0.119. The molecule has 13 heteroatoms. The van der Waals surface area contributed by atoms with E-state index in [1.807, 2.05) is 0 Å². The number of anilines is 1. The molecule has 4 rings (SSSR count). The maximum atomic E-state index is 13.1. The van der Waals surface area contributed by atoms with E-state index in [4.69, 9.17) is 5.73 Å². The van der Waals surface area contributed by atoms with Gasteiger partial charge in [-0.25, -0.2) is 13.4 Å². The van der Waals surface area contributed by atoms with Gasteiger partial charge in [-0.15, -0.1) is 0 Å². The quantitative estimate of drug-likeness (QED) is 0.453. The maximum absolute atomic E-state index is 13.1. The molecule has 0 saturated carbocycles. The lowest BCUT2D eigenvalue weighted by Crippen LogP contribution is -2.51. The van der Waals surface area contributed by atoms with Gasteiger partial charge in [-0.3, -0.25) is 9.78 Å². The third kappa shape index (κ3) is 5.48. The first-order chi connectivity index (χ1) is 16.9. The number of piperidine rings is 1. The molecular weight excluding hydrogens is 499 g/mol. The SMILES string of the molecule is NC(=O)c1ccnc(-c2ccc(S(=O)(=O)N3CC[C@@H](Nc4ccc(C(F)(F)F)cn4)[C@@H](O)C3)cc2)c1. The summed E-state index contributed by atoms with van der Waals surface area (Å²) in [5.74, 6) is -0.462. The van der Waals surface area contributed by atoms with Gasteiger partial charge in [0.15, 0.2) is 0 Å². The molecule has 0 radical (unpaired) electrons. The molecule has 3 aromatic rings. The Hall–Kier alpha value is -3.55. The number of nitrogens with one attached hydrogen (secondary N) is 1. The minimum Gasteiger partial charge on any atom is -0.390 e. The number of benzene rings is 1. The standard InChI is InChI=1S/C23H22F3N5O4S/c24-23(25,26)16-3-6-21(29-12-16)30-18-8-10-31(13-20(18)32)36(34,35)17-4-1-14(2-5-17)19-11-15(22(27)33)7-9-28-19/h1-7,9,11-12,18,20,32H,8,10,13H2,(H2,27,33)(H,29,30)/t18-,20+/m1/s1. The molecule has 0 aliphatic carbocycles. The Morgan fingerprint density at radius 1 is 1.11 bits per heavy atom. The van der Waals surface area contributed by atoms with Gasteiger partial charge in [0.2, 0.25) is 15.9 Å². The summed E-state index contributed by atoms with van der Waals surface area (Å²) < 4.78 is 65.5. The second-order valence-electron chi connectivity index (χ2n) is 8.22. The van der Waals surface area contributed by atoms with Crippen molar-refractivity contribution < 1.29 is 31.5 Å². The molecule has 4 N–H and O–H groups in total. The minimum absolute atomic E-state index is 0.0142. The molecule has 0 unspecified atom stereocenters. The van der Waals surface area contributed by atoms with E-state index in [-0.39, 0.29) is 35.8 Å². The Morgan fingerprint density at radius 3 is 2.42 bits per heavy atom. The van der Waals surface area contributed by atoms with Crippen LogP contribution >= 0.6 is 0 Å². The molecule has 1 aromatic carbocycles. The van der Waals surface area contributed by atoms with Crippen LogP contribution in [0.4, 0.5) is 19.0 Å². The van der Waals surface area contributed by atoms with Crippen molar-refractivity contribution in [2.45, 2.75) is 29.6 Å². The van der Waals surface area contributed by atoms with Crippen molar-refractivity contribution in [3.63, 3.8) is 0 Å². The Kier molecular flexibility index (Phi) is 6.98. The Labute approximate surface area is 204 Å². The molecule has 1 aliphatic heterocycles. The first-order valence-electron chi connectivity index (χ1n) is 10.8. The Balaban J connectivity index is 1.42. The first-order valence-corrected chi connectivity index (χ1v) is 12.2. The van der Waals surface area contributed by atoms with Crippen LogP contribution < -0.4 is 11.1 Å². The summed E-state index contributed by atoms with van der Waals surface area (Å²) in [5.41, 5.74) is 5.71. The van der Waals surface area contributed by atoms with Crippen molar-refractivity contribution in [3.05, 3.63) is 72.1 Å². The number of halogens is 3. The number of alkyl halides is 3. The van der Waals surface area contributed by atoms with Crippen LogP contribution in [0.25, 0.3) is 11.3 Å². The lowest BCUT2D eigenvalue weighted by molar-refractivity contribution is -0.137. The third-order valence-corrected chi connectivity index (χ3v) is 7.68. The number of rotatable bonds is 6. The highest BCUT2D eigenvalue weighted by molar-refractivity contribution is 7.89. The summed E-state index contributed by atoms with van der Waals surface area (Å²) in [4.78, 5) is 19.3. The molecule has 1 fully saturated rings. The lowest BCUT2D eigenvalue weighted by atomic mass is 10.0. The molecule has 0 spiro atoms. The topological polar surface area (TPSA) is 139 Å². The molecule has 1 amide bonds.